The number of ether oxygens (including phenoxy) is 1. The van der Waals surface area contributed by atoms with Crippen LogP contribution in [0.5, 0.6) is 0 Å². The SMILES string of the molecule is COCC(C(=O)Nc1cccc2c(-c3nc(Nc4ccc5[nH]ccc5c4)ncc3F)c[nH]c12)N1CCN(C)CC1. The summed E-state index contributed by atoms with van der Waals surface area (Å²) in [5.41, 5.74) is 3.83. The van der Waals surface area contributed by atoms with Crippen molar-refractivity contribution in [2.75, 3.05) is 57.6 Å². The van der Waals surface area contributed by atoms with Crippen LogP contribution in [0.1, 0.15) is 0 Å². The van der Waals surface area contributed by atoms with Crippen molar-refractivity contribution in [1.82, 2.24) is 29.7 Å². The number of aromatic amines is 2. The minimum absolute atomic E-state index is 0.144. The second-order valence-electron chi connectivity index (χ2n) is 10.0. The lowest BCUT2D eigenvalue weighted by Crippen LogP contribution is -2.54. The monoisotopic (exact) mass is 542 g/mol. The molecule has 0 saturated carbocycles. The fourth-order valence-corrected chi connectivity index (χ4v) is 5.19. The first-order valence-corrected chi connectivity index (χ1v) is 13.2. The fourth-order valence-electron chi connectivity index (χ4n) is 5.19. The van der Waals surface area contributed by atoms with Crippen LogP contribution in [0, 0.1) is 5.82 Å². The molecule has 11 heteroatoms. The molecule has 0 spiro atoms. The van der Waals surface area contributed by atoms with Gasteiger partial charge in [0.1, 0.15) is 11.7 Å². The number of likely N-dealkylation sites (N-methyl/N-ethyl adjacent to an activating group) is 1. The van der Waals surface area contributed by atoms with Crippen molar-refractivity contribution in [3.8, 4) is 11.3 Å². The predicted octanol–water partition coefficient (Wildman–Crippen LogP) is 4.19. The summed E-state index contributed by atoms with van der Waals surface area (Å²) < 4.78 is 20.4. The Labute approximate surface area is 230 Å². The Morgan fingerprint density at radius 3 is 2.83 bits per heavy atom. The van der Waals surface area contributed by atoms with Gasteiger partial charge in [0.2, 0.25) is 11.9 Å². The number of benzene rings is 2. The van der Waals surface area contributed by atoms with Crippen LogP contribution in [-0.4, -0.2) is 88.6 Å². The third kappa shape index (κ3) is 5.14. The molecule has 1 aliphatic rings. The van der Waals surface area contributed by atoms with E-state index in [0.717, 1.165) is 54.4 Å². The molecular weight excluding hydrogens is 511 g/mol. The molecule has 1 fully saturated rings. The van der Waals surface area contributed by atoms with E-state index in [1.807, 2.05) is 48.7 Å². The highest BCUT2D eigenvalue weighted by Crippen LogP contribution is 2.33. The molecule has 4 heterocycles. The first kappa shape index (κ1) is 25.9. The van der Waals surface area contributed by atoms with Gasteiger partial charge in [0, 0.05) is 73.2 Å². The molecule has 206 valence electrons. The molecule has 4 N–H and O–H groups in total. The van der Waals surface area contributed by atoms with Crippen molar-refractivity contribution in [2.45, 2.75) is 6.04 Å². The Bertz CT molecular complexity index is 1660. The second-order valence-corrected chi connectivity index (χ2v) is 10.0. The molecule has 5 aromatic rings. The summed E-state index contributed by atoms with van der Waals surface area (Å²) in [7, 11) is 3.68. The van der Waals surface area contributed by atoms with Gasteiger partial charge in [-0.2, -0.15) is 0 Å². The van der Waals surface area contributed by atoms with E-state index in [-0.39, 0.29) is 17.5 Å². The van der Waals surface area contributed by atoms with Crippen molar-refractivity contribution in [2.24, 2.45) is 0 Å². The van der Waals surface area contributed by atoms with Gasteiger partial charge in [0.15, 0.2) is 5.82 Å². The van der Waals surface area contributed by atoms with Crippen LogP contribution in [-0.2, 0) is 9.53 Å². The Hall–Kier alpha value is -4.32. The first-order valence-electron chi connectivity index (χ1n) is 13.2. The molecule has 1 saturated heterocycles. The number of rotatable bonds is 8. The third-order valence-corrected chi connectivity index (χ3v) is 7.39. The summed E-state index contributed by atoms with van der Waals surface area (Å²) in [5.74, 6) is -0.411. The van der Waals surface area contributed by atoms with Gasteiger partial charge < -0.3 is 30.2 Å². The van der Waals surface area contributed by atoms with E-state index in [1.54, 1.807) is 13.3 Å². The van der Waals surface area contributed by atoms with E-state index < -0.39 is 11.9 Å². The van der Waals surface area contributed by atoms with Crippen LogP contribution in [0.15, 0.2) is 61.1 Å². The largest absolute Gasteiger partial charge is 0.383 e. The standard InChI is InChI=1S/C29H31FN8O2/c1-37-10-12-38(13-11-37)25(17-40-2)28(39)35-24-5-3-4-20-21(15-32-27(20)24)26-22(30)16-33-29(36-26)34-19-6-7-23-18(14-19)8-9-31-23/h3-9,14-16,25,31-32H,10-13,17H2,1-2H3,(H,35,39)(H,33,34,36). The highest BCUT2D eigenvalue weighted by molar-refractivity contribution is 6.06. The van der Waals surface area contributed by atoms with Gasteiger partial charge in [-0.15, -0.1) is 0 Å². The molecule has 0 aliphatic carbocycles. The van der Waals surface area contributed by atoms with Gasteiger partial charge in [0.05, 0.1) is 24.0 Å². The zero-order valence-corrected chi connectivity index (χ0v) is 22.4. The molecule has 0 bridgehead atoms. The number of carbonyl (C=O) groups excluding carboxylic acids is 1. The number of anilines is 3. The highest BCUT2D eigenvalue weighted by Gasteiger charge is 2.29. The number of fused-ring (bicyclic) bond motifs is 2. The zero-order valence-electron chi connectivity index (χ0n) is 22.4. The average Bonchev–Trinajstić information content (AvgIpc) is 3.61. The molecule has 0 radical (unpaired) electrons. The Morgan fingerprint density at radius 1 is 1.15 bits per heavy atom. The number of H-pyrrole nitrogens is 2. The van der Waals surface area contributed by atoms with Crippen LogP contribution in [0.2, 0.25) is 0 Å². The summed E-state index contributed by atoms with van der Waals surface area (Å²) in [6.45, 7) is 3.66. The molecule has 2 aromatic carbocycles. The van der Waals surface area contributed by atoms with Crippen LogP contribution in [0.25, 0.3) is 33.1 Å². The normalized spacial score (nSPS) is 15.5. The lowest BCUT2D eigenvalue weighted by molar-refractivity contribution is -0.124. The molecule has 10 nitrogen and oxygen atoms in total. The molecule has 1 amide bonds. The van der Waals surface area contributed by atoms with Crippen LogP contribution in [0.3, 0.4) is 0 Å². The van der Waals surface area contributed by atoms with E-state index in [9.17, 15) is 4.79 Å². The molecule has 3 aromatic heterocycles. The Morgan fingerprint density at radius 2 is 2.00 bits per heavy atom. The highest BCUT2D eigenvalue weighted by atomic mass is 19.1. The fraction of sp³-hybridized carbons (Fsp3) is 0.276. The number of hydrogen-bond donors (Lipinski definition) is 4. The van der Waals surface area contributed by atoms with E-state index in [1.165, 1.54) is 0 Å². The van der Waals surface area contributed by atoms with Gasteiger partial charge >= 0.3 is 0 Å². The molecule has 1 atom stereocenters. The van der Waals surface area contributed by atoms with E-state index in [4.69, 9.17) is 4.74 Å². The number of nitrogens with zero attached hydrogens (tertiary/aromatic N) is 4. The molecule has 6 rings (SSSR count). The van der Waals surface area contributed by atoms with Crippen molar-refractivity contribution in [3.63, 3.8) is 0 Å². The quantitative estimate of drug-likeness (QED) is 0.233. The molecule has 1 aliphatic heterocycles. The van der Waals surface area contributed by atoms with Gasteiger partial charge in [-0.1, -0.05) is 12.1 Å². The van der Waals surface area contributed by atoms with Crippen molar-refractivity contribution < 1.29 is 13.9 Å². The topological polar surface area (TPSA) is 114 Å². The van der Waals surface area contributed by atoms with E-state index in [2.05, 4.69) is 47.4 Å². The summed E-state index contributed by atoms with van der Waals surface area (Å²) in [5, 5.41) is 8.01. The zero-order chi connectivity index (χ0) is 27.6. The number of nitrogens with one attached hydrogen (secondary N) is 4. The number of halogens is 1. The van der Waals surface area contributed by atoms with Crippen molar-refractivity contribution >= 4 is 45.0 Å². The van der Waals surface area contributed by atoms with Gasteiger partial charge in [-0.3, -0.25) is 9.69 Å². The van der Waals surface area contributed by atoms with Crippen LogP contribution in [0.4, 0.5) is 21.7 Å². The van der Waals surface area contributed by atoms with Crippen LogP contribution < -0.4 is 10.6 Å². The summed E-state index contributed by atoms with van der Waals surface area (Å²) in [4.78, 5) is 32.8. The summed E-state index contributed by atoms with van der Waals surface area (Å²) in [6, 6.07) is 12.9. The number of methoxy groups -OCH3 is 1. The predicted molar refractivity (Wildman–Crippen MR) is 154 cm³/mol. The maximum absolute atomic E-state index is 15.0. The average molecular weight is 543 g/mol. The number of piperazine rings is 1. The lowest BCUT2D eigenvalue weighted by atomic mass is 10.1. The van der Waals surface area contributed by atoms with Gasteiger partial charge in [-0.05, 0) is 37.4 Å². The number of para-hydroxylation sites is 1. The minimum Gasteiger partial charge on any atom is -0.383 e. The number of carbonyl (C=O) groups is 1. The lowest BCUT2D eigenvalue weighted by Gasteiger charge is -2.36. The molecule has 40 heavy (non-hydrogen) atoms. The number of hydrogen-bond acceptors (Lipinski definition) is 7. The first-order chi connectivity index (χ1) is 19.5. The number of amides is 1. The van der Waals surface area contributed by atoms with Crippen molar-refractivity contribution in [1.29, 1.82) is 0 Å². The molecule has 1 unspecified atom stereocenters. The maximum atomic E-state index is 15.0. The molecular formula is C29H31FN8O2. The second kappa shape index (κ2) is 11.0. The summed E-state index contributed by atoms with van der Waals surface area (Å²) >= 11 is 0. The summed E-state index contributed by atoms with van der Waals surface area (Å²) in [6.07, 6.45) is 4.74. The Balaban J connectivity index is 1.26. The smallest absolute Gasteiger partial charge is 0.244 e. The number of aromatic nitrogens is 4. The Kier molecular flexibility index (Phi) is 7.16. The van der Waals surface area contributed by atoms with E-state index >= 15 is 4.39 Å². The minimum atomic E-state index is -0.544. The van der Waals surface area contributed by atoms with E-state index in [0.29, 0.717) is 23.4 Å². The third-order valence-electron chi connectivity index (χ3n) is 7.39. The van der Waals surface area contributed by atoms with Gasteiger partial charge in [0.25, 0.3) is 0 Å². The van der Waals surface area contributed by atoms with Crippen molar-refractivity contribution in [3.05, 3.63) is 66.9 Å². The van der Waals surface area contributed by atoms with Crippen LogP contribution >= 0.6 is 0 Å². The maximum Gasteiger partial charge on any atom is 0.244 e. The van der Waals surface area contributed by atoms with Gasteiger partial charge in [-0.25, -0.2) is 14.4 Å².